The van der Waals surface area contributed by atoms with E-state index in [1.807, 2.05) is 13.1 Å². The molecule has 0 amide bonds. The molecule has 0 aliphatic heterocycles. The number of likely N-dealkylation sites (N-methyl/N-ethyl adjacent to an activating group) is 1. The Balaban J connectivity index is 2.17. The Bertz CT molecular complexity index is 293. The third-order valence-electron chi connectivity index (χ3n) is 2.11. The predicted octanol–water partition coefficient (Wildman–Crippen LogP) is 1.12. The second-order valence-electron chi connectivity index (χ2n) is 3.46. The summed E-state index contributed by atoms with van der Waals surface area (Å²) in [4.78, 5) is 2.18. The number of hydrogen-bond donors (Lipinski definition) is 1. The van der Waals surface area contributed by atoms with E-state index in [0.717, 1.165) is 32.1 Å². The minimum absolute atomic E-state index is 0.405. The molecule has 1 rings (SSSR count). The molecule has 1 aromatic rings. The van der Waals surface area contributed by atoms with Crippen LogP contribution in [0.25, 0.3) is 0 Å². The lowest BCUT2D eigenvalue weighted by atomic mass is 10.5. The van der Waals surface area contributed by atoms with Crippen LogP contribution in [0.3, 0.4) is 0 Å². The number of methoxy groups -OCH3 is 1. The predicted molar refractivity (Wildman–Crippen MR) is 64.9 cm³/mol. The molecule has 0 aliphatic carbocycles. The average molecular weight is 245 g/mol. The second-order valence-corrected chi connectivity index (χ2v) is 3.85. The highest BCUT2D eigenvalue weighted by molar-refractivity contribution is 6.29. The van der Waals surface area contributed by atoms with Crippen LogP contribution < -0.4 is 5.32 Å². The third kappa shape index (κ3) is 5.25. The molecule has 5 nitrogen and oxygen atoms in total. The molecule has 0 unspecified atom stereocenters. The molecular formula is C10H17ClN4O. The number of rotatable bonds is 7. The van der Waals surface area contributed by atoms with E-state index >= 15 is 0 Å². The number of nitrogens with zero attached hydrogens (tertiary/aromatic N) is 3. The van der Waals surface area contributed by atoms with Gasteiger partial charge in [-0.2, -0.15) is 0 Å². The van der Waals surface area contributed by atoms with Crippen LogP contribution in [-0.2, 0) is 4.74 Å². The average Bonchev–Trinajstić information content (AvgIpc) is 2.29. The van der Waals surface area contributed by atoms with Crippen LogP contribution in [0.4, 0.5) is 5.82 Å². The first kappa shape index (κ1) is 13.2. The summed E-state index contributed by atoms with van der Waals surface area (Å²) in [7, 11) is 3.75. The van der Waals surface area contributed by atoms with Gasteiger partial charge in [0.1, 0.15) is 5.82 Å². The highest BCUT2D eigenvalue weighted by Gasteiger charge is 1.98. The van der Waals surface area contributed by atoms with Crippen molar-refractivity contribution >= 4 is 17.4 Å². The van der Waals surface area contributed by atoms with E-state index < -0.39 is 0 Å². The molecule has 0 saturated heterocycles. The molecule has 0 radical (unpaired) electrons. The van der Waals surface area contributed by atoms with Gasteiger partial charge < -0.3 is 15.0 Å². The molecular weight excluding hydrogens is 228 g/mol. The van der Waals surface area contributed by atoms with Crippen molar-refractivity contribution in [1.82, 2.24) is 15.1 Å². The summed E-state index contributed by atoms with van der Waals surface area (Å²) in [5.41, 5.74) is 0. The Hall–Kier alpha value is -0.910. The van der Waals surface area contributed by atoms with Crippen molar-refractivity contribution in [3.05, 3.63) is 17.3 Å². The topological polar surface area (TPSA) is 50.3 Å². The molecule has 1 aromatic heterocycles. The molecule has 0 aromatic carbocycles. The Morgan fingerprint density at radius 1 is 1.38 bits per heavy atom. The fourth-order valence-electron chi connectivity index (χ4n) is 1.14. The number of hydrogen-bond acceptors (Lipinski definition) is 5. The van der Waals surface area contributed by atoms with Gasteiger partial charge in [-0.25, -0.2) is 0 Å². The zero-order valence-electron chi connectivity index (χ0n) is 9.61. The molecule has 0 aliphatic rings. The van der Waals surface area contributed by atoms with Crippen LogP contribution in [-0.4, -0.2) is 55.5 Å². The molecule has 0 fully saturated rings. The summed E-state index contributed by atoms with van der Waals surface area (Å²) in [6.07, 6.45) is 0. The Kier molecular flexibility index (Phi) is 6.07. The molecule has 0 bridgehead atoms. The van der Waals surface area contributed by atoms with Crippen LogP contribution in [0.1, 0.15) is 0 Å². The Morgan fingerprint density at radius 3 is 2.81 bits per heavy atom. The molecule has 6 heteroatoms. The van der Waals surface area contributed by atoms with Crippen molar-refractivity contribution in [2.24, 2.45) is 0 Å². The van der Waals surface area contributed by atoms with Gasteiger partial charge >= 0.3 is 0 Å². The highest BCUT2D eigenvalue weighted by Crippen LogP contribution is 2.05. The molecule has 0 spiro atoms. The quantitative estimate of drug-likeness (QED) is 0.779. The van der Waals surface area contributed by atoms with Gasteiger partial charge in [0.15, 0.2) is 5.15 Å². The van der Waals surface area contributed by atoms with Crippen molar-refractivity contribution in [2.75, 3.05) is 45.7 Å². The summed E-state index contributed by atoms with van der Waals surface area (Å²) in [5, 5.41) is 11.2. The minimum Gasteiger partial charge on any atom is -0.383 e. The lowest BCUT2D eigenvalue weighted by Crippen LogP contribution is -2.28. The van der Waals surface area contributed by atoms with Gasteiger partial charge in [-0.05, 0) is 19.2 Å². The minimum atomic E-state index is 0.405. The molecule has 0 saturated carbocycles. The van der Waals surface area contributed by atoms with Crippen molar-refractivity contribution in [3.63, 3.8) is 0 Å². The number of nitrogens with one attached hydrogen (secondary N) is 1. The van der Waals surface area contributed by atoms with Crippen LogP contribution >= 0.6 is 11.6 Å². The zero-order valence-corrected chi connectivity index (χ0v) is 10.4. The fraction of sp³-hybridized carbons (Fsp3) is 0.600. The van der Waals surface area contributed by atoms with Crippen molar-refractivity contribution in [1.29, 1.82) is 0 Å². The molecule has 1 N–H and O–H groups in total. The van der Waals surface area contributed by atoms with E-state index in [9.17, 15) is 0 Å². The van der Waals surface area contributed by atoms with Gasteiger partial charge in [0.25, 0.3) is 0 Å². The summed E-state index contributed by atoms with van der Waals surface area (Å²) in [5.74, 6) is 0.740. The van der Waals surface area contributed by atoms with Gasteiger partial charge in [-0.1, -0.05) is 11.6 Å². The van der Waals surface area contributed by atoms with Gasteiger partial charge in [-0.3, -0.25) is 0 Å². The van der Waals surface area contributed by atoms with Crippen molar-refractivity contribution < 1.29 is 4.74 Å². The first-order valence-electron chi connectivity index (χ1n) is 5.13. The van der Waals surface area contributed by atoms with E-state index in [2.05, 4.69) is 20.4 Å². The van der Waals surface area contributed by atoms with Gasteiger partial charge in [0.05, 0.1) is 6.61 Å². The highest BCUT2D eigenvalue weighted by atomic mass is 35.5. The first-order valence-corrected chi connectivity index (χ1v) is 5.50. The van der Waals surface area contributed by atoms with Crippen LogP contribution in [0.2, 0.25) is 5.15 Å². The van der Waals surface area contributed by atoms with E-state index in [1.165, 1.54) is 0 Å². The number of ether oxygens (including phenoxy) is 1. The zero-order chi connectivity index (χ0) is 11.8. The number of halogens is 1. The van der Waals surface area contributed by atoms with Crippen LogP contribution in [0.15, 0.2) is 12.1 Å². The number of anilines is 1. The summed E-state index contributed by atoms with van der Waals surface area (Å²) >= 11 is 5.63. The van der Waals surface area contributed by atoms with E-state index in [4.69, 9.17) is 16.3 Å². The maximum atomic E-state index is 5.63. The third-order valence-corrected chi connectivity index (χ3v) is 2.31. The monoisotopic (exact) mass is 244 g/mol. The summed E-state index contributed by atoms with van der Waals surface area (Å²) < 4.78 is 4.99. The Morgan fingerprint density at radius 2 is 2.19 bits per heavy atom. The molecule has 0 atom stereocenters. The van der Waals surface area contributed by atoms with Crippen molar-refractivity contribution in [2.45, 2.75) is 0 Å². The lowest BCUT2D eigenvalue weighted by molar-refractivity contribution is 0.163. The maximum absolute atomic E-state index is 5.63. The standard InChI is InChI=1S/C10H17ClN4O/c1-15(7-8-16-2)6-5-12-10-4-3-9(11)13-14-10/h3-4H,5-8H2,1-2H3,(H,12,14). The normalized spacial score (nSPS) is 10.8. The maximum Gasteiger partial charge on any atom is 0.151 e. The van der Waals surface area contributed by atoms with E-state index in [1.54, 1.807) is 13.2 Å². The van der Waals surface area contributed by atoms with Gasteiger partial charge in [-0.15, -0.1) is 10.2 Å². The first-order chi connectivity index (χ1) is 7.72. The van der Waals surface area contributed by atoms with Crippen molar-refractivity contribution in [3.8, 4) is 0 Å². The van der Waals surface area contributed by atoms with Crippen LogP contribution in [0.5, 0.6) is 0 Å². The largest absolute Gasteiger partial charge is 0.383 e. The van der Waals surface area contributed by atoms with Gasteiger partial charge in [0, 0.05) is 26.7 Å². The number of aromatic nitrogens is 2. The lowest BCUT2D eigenvalue weighted by Gasteiger charge is -2.16. The van der Waals surface area contributed by atoms with E-state index in [0.29, 0.717) is 5.15 Å². The SMILES string of the molecule is COCCN(C)CCNc1ccc(Cl)nn1. The van der Waals surface area contributed by atoms with Gasteiger partial charge in [0.2, 0.25) is 0 Å². The van der Waals surface area contributed by atoms with Crippen LogP contribution in [0, 0.1) is 0 Å². The molecule has 1 heterocycles. The van der Waals surface area contributed by atoms with E-state index in [-0.39, 0.29) is 0 Å². The summed E-state index contributed by atoms with van der Waals surface area (Å²) in [6, 6.07) is 3.52. The smallest absolute Gasteiger partial charge is 0.151 e. The molecule has 16 heavy (non-hydrogen) atoms. The second kappa shape index (κ2) is 7.38. The fourth-order valence-corrected chi connectivity index (χ4v) is 1.24. The summed E-state index contributed by atoms with van der Waals surface area (Å²) in [6.45, 7) is 3.41. The molecule has 90 valence electrons. The Labute approximate surface area is 101 Å².